The van der Waals surface area contributed by atoms with Crippen molar-refractivity contribution >= 4 is 0 Å². The quantitative estimate of drug-likeness (QED) is 0.625. The van der Waals surface area contributed by atoms with Crippen molar-refractivity contribution in [3.63, 3.8) is 0 Å². The summed E-state index contributed by atoms with van der Waals surface area (Å²) in [6, 6.07) is 6.65. The molecule has 1 aliphatic rings. The molecule has 0 aliphatic carbocycles. The number of nitrogens with one attached hydrogen (secondary N) is 2. The van der Waals surface area contributed by atoms with Gasteiger partial charge < -0.3 is 15.7 Å². The summed E-state index contributed by atoms with van der Waals surface area (Å²) in [5.74, 6) is 0. The van der Waals surface area contributed by atoms with Crippen LogP contribution in [-0.4, -0.2) is 24.8 Å². The molecule has 0 saturated carbocycles. The molecule has 82 valence electrons. The Morgan fingerprint density at radius 2 is 2.27 bits per heavy atom. The van der Waals surface area contributed by atoms with Gasteiger partial charge in [-0.3, -0.25) is 0 Å². The van der Waals surface area contributed by atoms with Crippen LogP contribution in [0.25, 0.3) is 0 Å². The third kappa shape index (κ3) is 2.78. The zero-order chi connectivity index (χ0) is 10.5. The molecule has 3 nitrogen and oxygen atoms in total. The number of aliphatic hydroxyl groups is 1. The Hall–Kier alpha value is -0.900. The molecule has 1 aliphatic heterocycles. The van der Waals surface area contributed by atoms with Gasteiger partial charge in [-0.15, -0.1) is 0 Å². The summed E-state index contributed by atoms with van der Waals surface area (Å²) in [5.41, 5.74) is 4.20. The van der Waals surface area contributed by atoms with E-state index in [1.54, 1.807) is 0 Å². The molecule has 2 rings (SSSR count). The van der Waals surface area contributed by atoms with Crippen molar-refractivity contribution in [2.75, 3.05) is 19.7 Å². The van der Waals surface area contributed by atoms with Crippen molar-refractivity contribution < 1.29 is 5.11 Å². The molecule has 0 saturated heterocycles. The molecule has 0 amide bonds. The lowest BCUT2D eigenvalue weighted by Gasteiger charge is -2.17. The van der Waals surface area contributed by atoms with E-state index in [9.17, 15) is 0 Å². The van der Waals surface area contributed by atoms with Gasteiger partial charge in [-0.05, 0) is 29.7 Å². The smallest absolute Gasteiger partial charge is 0.0556 e. The third-order valence-electron chi connectivity index (χ3n) is 2.77. The Kier molecular flexibility index (Phi) is 3.72. The second kappa shape index (κ2) is 5.26. The topological polar surface area (TPSA) is 44.3 Å². The minimum atomic E-state index is 0.203. The van der Waals surface area contributed by atoms with E-state index in [1.165, 1.54) is 16.7 Å². The highest BCUT2D eigenvalue weighted by Gasteiger charge is 2.08. The highest BCUT2D eigenvalue weighted by atomic mass is 16.3. The second-order valence-corrected chi connectivity index (χ2v) is 3.93. The van der Waals surface area contributed by atoms with Crippen LogP contribution in [0.4, 0.5) is 0 Å². The average molecular weight is 206 g/mol. The molecule has 0 aromatic heterocycles. The van der Waals surface area contributed by atoms with Crippen molar-refractivity contribution in [2.45, 2.75) is 19.5 Å². The summed E-state index contributed by atoms with van der Waals surface area (Å²) in [6.07, 6.45) is 1.13. The van der Waals surface area contributed by atoms with Crippen molar-refractivity contribution in [1.29, 1.82) is 0 Å². The Bertz CT molecular complexity index is 325. The van der Waals surface area contributed by atoms with Crippen LogP contribution >= 0.6 is 0 Å². The Balaban J connectivity index is 2.00. The van der Waals surface area contributed by atoms with Crippen LogP contribution in [0.15, 0.2) is 18.2 Å². The highest BCUT2D eigenvalue weighted by Crippen LogP contribution is 2.15. The van der Waals surface area contributed by atoms with Crippen LogP contribution in [0.5, 0.6) is 0 Å². The molecular formula is C12H18N2O. The van der Waals surface area contributed by atoms with E-state index in [-0.39, 0.29) is 6.61 Å². The number of fused-ring (bicyclic) bond motifs is 1. The lowest BCUT2D eigenvalue weighted by atomic mass is 9.98. The fourth-order valence-corrected chi connectivity index (χ4v) is 1.95. The maximum atomic E-state index is 8.67. The van der Waals surface area contributed by atoms with Crippen LogP contribution < -0.4 is 10.6 Å². The lowest BCUT2D eigenvalue weighted by molar-refractivity contribution is 0.292. The summed E-state index contributed by atoms with van der Waals surface area (Å²) >= 11 is 0. The number of aliphatic hydroxyl groups excluding tert-OH is 1. The fourth-order valence-electron chi connectivity index (χ4n) is 1.95. The summed E-state index contributed by atoms with van der Waals surface area (Å²) in [4.78, 5) is 0. The van der Waals surface area contributed by atoms with Crippen LogP contribution in [0.1, 0.15) is 16.7 Å². The number of hydrogen-bond donors (Lipinski definition) is 3. The zero-order valence-corrected chi connectivity index (χ0v) is 8.92. The van der Waals surface area contributed by atoms with Crippen molar-refractivity contribution in [2.24, 2.45) is 0 Å². The molecule has 1 aromatic rings. The first-order valence-corrected chi connectivity index (χ1v) is 5.53. The minimum Gasteiger partial charge on any atom is -0.395 e. The Labute approximate surface area is 90.5 Å². The predicted molar refractivity (Wildman–Crippen MR) is 60.6 cm³/mol. The molecule has 0 fully saturated rings. The van der Waals surface area contributed by atoms with Gasteiger partial charge in [-0.2, -0.15) is 0 Å². The van der Waals surface area contributed by atoms with Gasteiger partial charge in [0.1, 0.15) is 0 Å². The van der Waals surface area contributed by atoms with E-state index in [2.05, 4.69) is 28.8 Å². The van der Waals surface area contributed by atoms with E-state index in [0.717, 1.165) is 26.1 Å². The Morgan fingerprint density at radius 1 is 1.33 bits per heavy atom. The van der Waals surface area contributed by atoms with Crippen molar-refractivity contribution in [3.8, 4) is 0 Å². The molecular weight excluding hydrogens is 188 g/mol. The van der Waals surface area contributed by atoms with Crippen molar-refractivity contribution in [1.82, 2.24) is 10.6 Å². The third-order valence-corrected chi connectivity index (χ3v) is 2.77. The van der Waals surface area contributed by atoms with Gasteiger partial charge in [0.15, 0.2) is 0 Å². The number of rotatable bonds is 4. The Morgan fingerprint density at radius 3 is 3.13 bits per heavy atom. The number of benzene rings is 1. The molecule has 0 bridgehead atoms. The SMILES string of the molecule is OCCNCc1ccc2c(c1)CCNC2. The molecule has 0 atom stereocenters. The maximum Gasteiger partial charge on any atom is 0.0556 e. The van der Waals surface area contributed by atoms with Gasteiger partial charge in [-0.25, -0.2) is 0 Å². The second-order valence-electron chi connectivity index (χ2n) is 3.93. The summed E-state index contributed by atoms with van der Waals surface area (Å²) in [5, 5.41) is 15.2. The molecule has 1 aromatic carbocycles. The van der Waals surface area contributed by atoms with E-state index < -0.39 is 0 Å². The highest BCUT2D eigenvalue weighted by molar-refractivity contribution is 5.33. The van der Waals surface area contributed by atoms with Gasteiger partial charge in [0.05, 0.1) is 6.61 Å². The lowest BCUT2D eigenvalue weighted by Crippen LogP contribution is -2.24. The van der Waals surface area contributed by atoms with E-state index in [4.69, 9.17) is 5.11 Å². The first-order chi connectivity index (χ1) is 7.40. The summed E-state index contributed by atoms with van der Waals surface area (Å²) in [6.45, 7) is 3.80. The van der Waals surface area contributed by atoms with E-state index >= 15 is 0 Å². The average Bonchev–Trinajstić information content (AvgIpc) is 2.29. The first-order valence-electron chi connectivity index (χ1n) is 5.53. The molecule has 15 heavy (non-hydrogen) atoms. The van der Waals surface area contributed by atoms with Crippen LogP contribution in [0.2, 0.25) is 0 Å². The van der Waals surface area contributed by atoms with Gasteiger partial charge >= 0.3 is 0 Å². The van der Waals surface area contributed by atoms with Gasteiger partial charge in [0, 0.05) is 19.6 Å². The predicted octanol–water partition coefficient (Wildman–Crippen LogP) is 0.414. The maximum absolute atomic E-state index is 8.67. The molecule has 1 heterocycles. The van der Waals surface area contributed by atoms with Gasteiger partial charge in [0.25, 0.3) is 0 Å². The van der Waals surface area contributed by atoms with Gasteiger partial charge in [0.2, 0.25) is 0 Å². The fraction of sp³-hybridized carbons (Fsp3) is 0.500. The molecule has 0 unspecified atom stereocenters. The zero-order valence-electron chi connectivity index (χ0n) is 8.92. The number of hydrogen-bond acceptors (Lipinski definition) is 3. The largest absolute Gasteiger partial charge is 0.395 e. The monoisotopic (exact) mass is 206 g/mol. The molecule has 0 radical (unpaired) electrons. The van der Waals surface area contributed by atoms with Crippen LogP contribution in [0.3, 0.4) is 0 Å². The standard InChI is InChI=1S/C12H18N2O/c15-6-5-14-8-10-1-2-12-9-13-4-3-11(12)7-10/h1-2,7,13-15H,3-6,8-9H2. The first kappa shape index (κ1) is 10.6. The normalized spacial score (nSPS) is 15.0. The van der Waals surface area contributed by atoms with E-state index in [1.807, 2.05) is 0 Å². The molecule has 3 N–H and O–H groups in total. The van der Waals surface area contributed by atoms with E-state index in [0.29, 0.717) is 6.54 Å². The van der Waals surface area contributed by atoms with Crippen LogP contribution in [-0.2, 0) is 19.5 Å². The molecule has 3 heteroatoms. The summed E-state index contributed by atoms with van der Waals surface area (Å²) in [7, 11) is 0. The summed E-state index contributed by atoms with van der Waals surface area (Å²) < 4.78 is 0. The molecule has 0 spiro atoms. The minimum absolute atomic E-state index is 0.203. The van der Waals surface area contributed by atoms with Crippen molar-refractivity contribution in [3.05, 3.63) is 34.9 Å². The van der Waals surface area contributed by atoms with Gasteiger partial charge in [-0.1, -0.05) is 18.2 Å². The van der Waals surface area contributed by atoms with Crippen LogP contribution in [0, 0.1) is 0 Å².